The zero-order valence-electron chi connectivity index (χ0n) is 11.7. The van der Waals surface area contributed by atoms with E-state index in [4.69, 9.17) is 0 Å². The van der Waals surface area contributed by atoms with E-state index in [2.05, 4.69) is 12.2 Å². The van der Waals surface area contributed by atoms with Crippen LogP contribution in [0.3, 0.4) is 0 Å². The number of thioether (sulfide) groups is 1. The SMILES string of the molecule is CCS[C@@H]1CCCC[C@@H]1NCCN1C(=O)CCC1=O. The summed E-state index contributed by atoms with van der Waals surface area (Å²) >= 11 is 2.03. The van der Waals surface area contributed by atoms with Crippen molar-refractivity contribution in [2.45, 2.75) is 56.7 Å². The first-order valence-corrected chi connectivity index (χ1v) is 8.45. The maximum Gasteiger partial charge on any atom is 0.229 e. The summed E-state index contributed by atoms with van der Waals surface area (Å²) in [7, 11) is 0. The van der Waals surface area contributed by atoms with Gasteiger partial charge in [-0.25, -0.2) is 0 Å². The fourth-order valence-electron chi connectivity index (χ4n) is 2.98. The van der Waals surface area contributed by atoms with Gasteiger partial charge in [-0.05, 0) is 18.6 Å². The Morgan fingerprint density at radius 2 is 1.89 bits per heavy atom. The van der Waals surface area contributed by atoms with Gasteiger partial charge in [-0.3, -0.25) is 14.5 Å². The van der Waals surface area contributed by atoms with Crippen molar-refractivity contribution in [3.63, 3.8) is 0 Å². The molecular formula is C14H24N2O2S. The molecule has 1 N–H and O–H groups in total. The van der Waals surface area contributed by atoms with Crippen LogP contribution in [0.1, 0.15) is 45.4 Å². The Morgan fingerprint density at radius 3 is 2.58 bits per heavy atom. The molecular weight excluding hydrogens is 260 g/mol. The van der Waals surface area contributed by atoms with Crippen molar-refractivity contribution in [1.29, 1.82) is 0 Å². The Hall–Kier alpha value is -0.550. The Bertz CT molecular complexity index is 317. The van der Waals surface area contributed by atoms with Crippen LogP contribution in [0.4, 0.5) is 0 Å². The van der Waals surface area contributed by atoms with Gasteiger partial charge in [-0.15, -0.1) is 0 Å². The number of imide groups is 1. The lowest BCUT2D eigenvalue weighted by Crippen LogP contribution is -2.44. The summed E-state index contributed by atoms with van der Waals surface area (Å²) in [5, 5.41) is 4.26. The van der Waals surface area contributed by atoms with Crippen LogP contribution in [0, 0.1) is 0 Å². The molecule has 0 spiro atoms. The molecule has 0 radical (unpaired) electrons. The van der Waals surface area contributed by atoms with E-state index in [1.54, 1.807) is 0 Å². The van der Waals surface area contributed by atoms with E-state index < -0.39 is 0 Å². The molecule has 4 nitrogen and oxygen atoms in total. The van der Waals surface area contributed by atoms with Gasteiger partial charge in [0.05, 0.1) is 0 Å². The molecule has 19 heavy (non-hydrogen) atoms. The minimum atomic E-state index is -0.00470. The van der Waals surface area contributed by atoms with Crippen molar-refractivity contribution in [2.75, 3.05) is 18.8 Å². The molecule has 2 amide bonds. The molecule has 1 saturated carbocycles. The topological polar surface area (TPSA) is 49.4 Å². The maximum atomic E-state index is 11.5. The van der Waals surface area contributed by atoms with E-state index in [9.17, 15) is 9.59 Å². The standard InChI is InChI=1S/C14H24N2O2S/c1-2-19-12-6-4-3-5-11(12)15-9-10-16-13(17)7-8-14(16)18/h11-12,15H,2-10H2,1H3/t11-,12+/m0/s1. The van der Waals surface area contributed by atoms with Crippen LogP contribution in [-0.4, -0.2) is 46.8 Å². The number of hydrogen-bond acceptors (Lipinski definition) is 4. The summed E-state index contributed by atoms with van der Waals surface area (Å²) in [4.78, 5) is 24.4. The van der Waals surface area contributed by atoms with E-state index in [-0.39, 0.29) is 11.8 Å². The fourth-order valence-corrected chi connectivity index (χ4v) is 4.20. The van der Waals surface area contributed by atoms with Crippen LogP contribution >= 0.6 is 11.8 Å². The number of nitrogens with one attached hydrogen (secondary N) is 1. The van der Waals surface area contributed by atoms with Gasteiger partial charge in [0.15, 0.2) is 0 Å². The Morgan fingerprint density at radius 1 is 1.21 bits per heavy atom. The van der Waals surface area contributed by atoms with Gasteiger partial charge < -0.3 is 5.32 Å². The predicted octanol–water partition coefficient (Wildman–Crippen LogP) is 1.79. The smallest absolute Gasteiger partial charge is 0.229 e. The van der Waals surface area contributed by atoms with Crippen molar-refractivity contribution < 1.29 is 9.59 Å². The molecule has 108 valence electrons. The van der Waals surface area contributed by atoms with Gasteiger partial charge in [-0.2, -0.15) is 11.8 Å². The number of hydrogen-bond donors (Lipinski definition) is 1. The summed E-state index contributed by atoms with van der Waals surface area (Å²) in [6, 6.07) is 0.548. The lowest BCUT2D eigenvalue weighted by Gasteiger charge is -2.32. The van der Waals surface area contributed by atoms with E-state index in [1.807, 2.05) is 11.8 Å². The zero-order chi connectivity index (χ0) is 13.7. The molecule has 0 aromatic heterocycles. The number of likely N-dealkylation sites (tertiary alicyclic amines) is 1. The summed E-state index contributed by atoms with van der Waals surface area (Å²) in [5.74, 6) is 1.15. The largest absolute Gasteiger partial charge is 0.311 e. The minimum Gasteiger partial charge on any atom is -0.311 e. The lowest BCUT2D eigenvalue weighted by molar-refractivity contribution is -0.138. The molecule has 2 atom stereocenters. The van der Waals surface area contributed by atoms with Crippen LogP contribution in [0.5, 0.6) is 0 Å². The summed E-state index contributed by atoms with van der Waals surface area (Å²) in [6.45, 7) is 3.48. The molecule has 0 aromatic rings. The third kappa shape index (κ3) is 3.96. The van der Waals surface area contributed by atoms with E-state index in [0.717, 1.165) is 12.3 Å². The van der Waals surface area contributed by atoms with Crippen molar-refractivity contribution in [1.82, 2.24) is 10.2 Å². The van der Waals surface area contributed by atoms with Crippen LogP contribution in [-0.2, 0) is 9.59 Å². The van der Waals surface area contributed by atoms with Gasteiger partial charge in [0.1, 0.15) is 0 Å². The quantitative estimate of drug-likeness (QED) is 0.756. The second-order valence-electron chi connectivity index (χ2n) is 5.28. The van der Waals surface area contributed by atoms with Gasteiger partial charge in [0, 0.05) is 37.2 Å². The molecule has 1 saturated heterocycles. The van der Waals surface area contributed by atoms with Crippen LogP contribution in [0.15, 0.2) is 0 Å². The third-order valence-corrected chi connectivity index (χ3v) is 5.31. The highest BCUT2D eigenvalue weighted by Gasteiger charge is 2.29. The lowest BCUT2D eigenvalue weighted by atomic mass is 9.95. The summed E-state index contributed by atoms with van der Waals surface area (Å²) < 4.78 is 0. The minimum absolute atomic E-state index is 0.00470. The van der Waals surface area contributed by atoms with Crippen molar-refractivity contribution in [3.05, 3.63) is 0 Å². The first-order chi connectivity index (χ1) is 9.22. The molecule has 1 aliphatic carbocycles. The van der Waals surface area contributed by atoms with Crippen LogP contribution < -0.4 is 5.32 Å². The number of carbonyl (C=O) groups excluding carboxylic acids is 2. The van der Waals surface area contributed by atoms with Gasteiger partial charge >= 0.3 is 0 Å². The second-order valence-corrected chi connectivity index (χ2v) is 6.79. The molecule has 0 bridgehead atoms. The number of carbonyl (C=O) groups is 2. The fraction of sp³-hybridized carbons (Fsp3) is 0.857. The molecule has 2 fully saturated rings. The average molecular weight is 284 g/mol. The highest BCUT2D eigenvalue weighted by Crippen LogP contribution is 2.28. The second kappa shape index (κ2) is 7.29. The molecule has 0 aromatic carbocycles. The van der Waals surface area contributed by atoms with Crippen molar-refractivity contribution in [3.8, 4) is 0 Å². The first kappa shape index (κ1) is 14.9. The summed E-state index contributed by atoms with van der Waals surface area (Å²) in [6.07, 6.45) is 5.93. The Labute approximate surface area is 119 Å². The van der Waals surface area contributed by atoms with Crippen molar-refractivity contribution >= 4 is 23.6 Å². The predicted molar refractivity (Wildman–Crippen MR) is 78.1 cm³/mol. The highest BCUT2D eigenvalue weighted by atomic mass is 32.2. The van der Waals surface area contributed by atoms with Gasteiger partial charge in [-0.1, -0.05) is 19.8 Å². The Kier molecular flexibility index (Phi) is 5.70. The summed E-state index contributed by atoms with van der Waals surface area (Å²) in [5.41, 5.74) is 0. The molecule has 0 unspecified atom stereocenters. The third-order valence-electron chi connectivity index (χ3n) is 3.98. The zero-order valence-corrected chi connectivity index (χ0v) is 12.5. The van der Waals surface area contributed by atoms with Crippen molar-refractivity contribution in [2.24, 2.45) is 0 Å². The molecule has 1 aliphatic heterocycles. The van der Waals surface area contributed by atoms with E-state index >= 15 is 0 Å². The number of nitrogens with zero attached hydrogens (tertiary/aromatic N) is 1. The molecule has 1 heterocycles. The van der Waals surface area contributed by atoms with E-state index in [0.29, 0.717) is 30.7 Å². The van der Waals surface area contributed by atoms with Crippen LogP contribution in [0.2, 0.25) is 0 Å². The monoisotopic (exact) mass is 284 g/mol. The normalized spacial score (nSPS) is 28.2. The molecule has 5 heteroatoms. The molecule has 2 aliphatic rings. The average Bonchev–Trinajstić information content (AvgIpc) is 2.72. The highest BCUT2D eigenvalue weighted by molar-refractivity contribution is 7.99. The van der Waals surface area contributed by atoms with Gasteiger partial charge in [0.25, 0.3) is 0 Å². The Balaban J connectivity index is 1.74. The van der Waals surface area contributed by atoms with E-state index in [1.165, 1.54) is 30.6 Å². The van der Waals surface area contributed by atoms with Crippen LogP contribution in [0.25, 0.3) is 0 Å². The first-order valence-electron chi connectivity index (χ1n) is 7.40. The number of amides is 2. The maximum absolute atomic E-state index is 11.5. The number of rotatable bonds is 6. The molecule has 2 rings (SSSR count). The van der Waals surface area contributed by atoms with Gasteiger partial charge in [0.2, 0.25) is 11.8 Å².